The van der Waals surface area contributed by atoms with Crippen molar-refractivity contribution in [3.63, 3.8) is 0 Å². The van der Waals surface area contributed by atoms with Gasteiger partial charge < -0.3 is 4.74 Å². The van der Waals surface area contributed by atoms with Crippen LogP contribution >= 0.6 is 22.6 Å². The average molecular weight is 270 g/mol. The lowest BCUT2D eigenvalue weighted by molar-refractivity contribution is -0.139. The van der Waals surface area contributed by atoms with E-state index in [-0.39, 0.29) is 9.89 Å². The Labute approximate surface area is 81.8 Å². The first-order valence-corrected chi connectivity index (χ1v) is 5.18. The molecule has 1 atom stereocenters. The van der Waals surface area contributed by atoms with Crippen molar-refractivity contribution >= 4 is 28.6 Å². The minimum Gasteiger partial charge on any atom is -0.468 e. The third kappa shape index (κ3) is 5.47. The van der Waals surface area contributed by atoms with Crippen LogP contribution in [0.4, 0.5) is 0 Å². The zero-order valence-electron chi connectivity index (χ0n) is 7.10. The summed E-state index contributed by atoms with van der Waals surface area (Å²) in [4.78, 5) is 10.9. The third-order valence-electron chi connectivity index (χ3n) is 1.52. The third-order valence-corrected chi connectivity index (χ3v) is 2.65. The van der Waals surface area contributed by atoms with E-state index >= 15 is 0 Å². The van der Waals surface area contributed by atoms with Gasteiger partial charge in [0, 0.05) is 0 Å². The molecular formula is C8H15IO2. The van der Waals surface area contributed by atoms with Crippen molar-refractivity contribution in [2.45, 2.75) is 36.5 Å². The Bertz CT molecular complexity index is 115. The van der Waals surface area contributed by atoms with Crippen LogP contribution in [-0.4, -0.2) is 17.0 Å². The zero-order chi connectivity index (χ0) is 8.69. The second kappa shape index (κ2) is 6.88. The first-order valence-electron chi connectivity index (χ1n) is 3.94. The number of carbonyl (C=O) groups excluding carboxylic acids is 1. The van der Waals surface area contributed by atoms with Crippen LogP contribution in [0.5, 0.6) is 0 Å². The van der Waals surface area contributed by atoms with Gasteiger partial charge in [0.25, 0.3) is 0 Å². The van der Waals surface area contributed by atoms with Gasteiger partial charge in [0.2, 0.25) is 0 Å². The van der Waals surface area contributed by atoms with E-state index in [1.165, 1.54) is 20.0 Å². The first-order chi connectivity index (χ1) is 5.22. The summed E-state index contributed by atoms with van der Waals surface area (Å²) < 4.78 is 4.64. The lowest BCUT2D eigenvalue weighted by atomic mass is 10.2. The Balaban J connectivity index is 3.36. The first kappa shape index (κ1) is 11.2. The van der Waals surface area contributed by atoms with Gasteiger partial charge in [-0.1, -0.05) is 48.8 Å². The van der Waals surface area contributed by atoms with E-state index in [2.05, 4.69) is 34.3 Å². The Kier molecular flexibility index (Phi) is 7.01. The molecule has 1 unspecified atom stereocenters. The lowest BCUT2D eigenvalue weighted by Crippen LogP contribution is -2.14. The highest BCUT2D eigenvalue weighted by Crippen LogP contribution is 2.12. The van der Waals surface area contributed by atoms with Gasteiger partial charge in [-0.05, 0) is 6.42 Å². The molecule has 0 rings (SSSR count). The van der Waals surface area contributed by atoms with Crippen molar-refractivity contribution in [1.82, 2.24) is 0 Å². The Morgan fingerprint density at radius 2 is 2.18 bits per heavy atom. The number of esters is 1. The van der Waals surface area contributed by atoms with Crippen LogP contribution in [0.1, 0.15) is 32.6 Å². The van der Waals surface area contributed by atoms with E-state index in [0.29, 0.717) is 0 Å². The second-order valence-electron chi connectivity index (χ2n) is 2.49. The van der Waals surface area contributed by atoms with Gasteiger partial charge in [0.05, 0.1) is 7.11 Å². The monoisotopic (exact) mass is 270 g/mol. The maximum atomic E-state index is 10.9. The summed E-state index contributed by atoms with van der Waals surface area (Å²) in [7, 11) is 1.44. The Morgan fingerprint density at radius 3 is 2.64 bits per heavy atom. The maximum absolute atomic E-state index is 10.9. The van der Waals surface area contributed by atoms with Gasteiger partial charge >= 0.3 is 5.97 Å². The van der Waals surface area contributed by atoms with E-state index in [1.54, 1.807) is 0 Å². The van der Waals surface area contributed by atoms with Crippen LogP contribution in [0, 0.1) is 0 Å². The number of unbranched alkanes of at least 4 members (excludes halogenated alkanes) is 2. The minimum absolute atomic E-state index is 0.0455. The molecule has 0 aromatic heterocycles. The molecule has 0 amide bonds. The predicted molar refractivity (Wildman–Crippen MR) is 54.0 cm³/mol. The van der Waals surface area contributed by atoms with Crippen molar-refractivity contribution in [1.29, 1.82) is 0 Å². The summed E-state index contributed by atoms with van der Waals surface area (Å²) in [6.07, 6.45) is 4.47. The SMILES string of the molecule is CCCCCC(I)C(=O)OC. The summed E-state index contributed by atoms with van der Waals surface area (Å²) in [5, 5.41) is 0. The number of carbonyl (C=O) groups is 1. The quantitative estimate of drug-likeness (QED) is 0.332. The molecule has 0 aromatic carbocycles. The predicted octanol–water partition coefficient (Wildman–Crippen LogP) is 2.54. The molecule has 0 fully saturated rings. The molecule has 0 aliphatic heterocycles. The molecule has 0 saturated heterocycles. The van der Waals surface area contributed by atoms with Gasteiger partial charge in [-0.2, -0.15) is 0 Å². The van der Waals surface area contributed by atoms with E-state index in [4.69, 9.17) is 0 Å². The van der Waals surface area contributed by atoms with Crippen molar-refractivity contribution in [2.75, 3.05) is 7.11 Å². The Hall–Kier alpha value is 0.200. The molecule has 0 N–H and O–H groups in total. The molecule has 66 valence electrons. The van der Waals surface area contributed by atoms with Gasteiger partial charge in [-0.25, -0.2) is 0 Å². The molecule has 0 spiro atoms. The van der Waals surface area contributed by atoms with Gasteiger partial charge in [-0.15, -0.1) is 0 Å². The summed E-state index contributed by atoms with van der Waals surface area (Å²) in [6, 6.07) is 0. The number of rotatable bonds is 5. The fourth-order valence-corrected chi connectivity index (χ4v) is 1.51. The summed E-state index contributed by atoms with van der Waals surface area (Å²) in [5.41, 5.74) is 0. The summed E-state index contributed by atoms with van der Waals surface area (Å²) in [6.45, 7) is 2.15. The number of alkyl halides is 1. The van der Waals surface area contributed by atoms with Crippen molar-refractivity contribution < 1.29 is 9.53 Å². The van der Waals surface area contributed by atoms with Crippen molar-refractivity contribution in [3.05, 3.63) is 0 Å². The highest BCUT2D eigenvalue weighted by molar-refractivity contribution is 14.1. The van der Waals surface area contributed by atoms with E-state index < -0.39 is 0 Å². The van der Waals surface area contributed by atoms with E-state index in [0.717, 1.165) is 12.8 Å². The van der Waals surface area contributed by atoms with Crippen LogP contribution in [0.15, 0.2) is 0 Å². The van der Waals surface area contributed by atoms with Gasteiger partial charge in [0.1, 0.15) is 3.92 Å². The zero-order valence-corrected chi connectivity index (χ0v) is 9.26. The van der Waals surface area contributed by atoms with Crippen LogP contribution in [0.25, 0.3) is 0 Å². The number of hydrogen-bond donors (Lipinski definition) is 0. The summed E-state index contributed by atoms with van der Waals surface area (Å²) >= 11 is 2.13. The van der Waals surface area contributed by atoms with Crippen molar-refractivity contribution in [2.24, 2.45) is 0 Å². The summed E-state index contributed by atoms with van der Waals surface area (Å²) in [5.74, 6) is -0.0956. The van der Waals surface area contributed by atoms with Crippen LogP contribution < -0.4 is 0 Å². The maximum Gasteiger partial charge on any atom is 0.318 e. The molecule has 3 heteroatoms. The standard InChI is InChI=1S/C8H15IO2/c1-3-4-5-6-7(9)8(10)11-2/h7H,3-6H2,1-2H3. The largest absolute Gasteiger partial charge is 0.468 e. The molecule has 0 aliphatic rings. The lowest BCUT2D eigenvalue weighted by Gasteiger charge is -2.05. The molecule has 0 aromatic rings. The highest BCUT2D eigenvalue weighted by atomic mass is 127. The molecule has 2 nitrogen and oxygen atoms in total. The normalized spacial score (nSPS) is 12.6. The highest BCUT2D eigenvalue weighted by Gasteiger charge is 2.13. The van der Waals surface area contributed by atoms with Gasteiger partial charge in [-0.3, -0.25) is 4.79 Å². The molecular weight excluding hydrogens is 255 g/mol. The van der Waals surface area contributed by atoms with Crippen LogP contribution in [0.3, 0.4) is 0 Å². The van der Waals surface area contributed by atoms with Crippen LogP contribution in [-0.2, 0) is 9.53 Å². The number of methoxy groups -OCH3 is 1. The molecule has 0 aliphatic carbocycles. The molecule has 11 heavy (non-hydrogen) atoms. The van der Waals surface area contributed by atoms with E-state index in [1.807, 2.05) is 0 Å². The van der Waals surface area contributed by atoms with E-state index in [9.17, 15) is 4.79 Å². The van der Waals surface area contributed by atoms with Gasteiger partial charge in [0.15, 0.2) is 0 Å². The van der Waals surface area contributed by atoms with Crippen LogP contribution in [0.2, 0.25) is 0 Å². The number of hydrogen-bond acceptors (Lipinski definition) is 2. The minimum atomic E-state index is -0.0956. The number of ether oxygens (including phenoxy) is 1. The van der Waals surface area contributed by atoms with Crippen molar-refractivity contribution in [3.8, 4) is 0 Å². The average Bonchev–Trinajstić information content (AvgIpc) is 2.03. The second-order valence-corrected chi connectivity index (χ2v) is 3.99. The molecule has 0 heterocycles. The fourth-order valence-electron chi connectivity index (χ4n) is 0.819. The Morgan fingerprint density at radius 1 is 1.55 bits per heavy atom. The number of halogens is 1. The molecule has 0 radical (unpaired) electrons. The fraction of sp³-hybridized carbons (Fsp3) is 0.875. The molecule has 0 bridgehead atoms. The smallest absolute Gasteiger partial charge is 0.318 e. The topological polar surface area (TPSA) is 26.3 Å². The molecule has 0 saturated carbocycles.